The largest absolute Gasteiger partial charge is 0.484 e. The second kappa shape index (κ2) is 7.96. The molecule has 0 N–H and O–H groups in total. The van der Waals surface area contributed by atoms with Crippen molar-refractivity contribution in [1.82, 2.24) is 4.98 Å². The van der Waals surface area contributed by atoms with Crippen LogP contribution in [0.5, 0.6) is 5.75 Å². The van der Waals surface area contributed by atoms with Gasteiger partial charge in [-0.25, -0.2) is 4.98 Å². The van der Waals surface area contributed by atoms with Crippen LogP contribution in [0.1, 0.15) is 35.4 Å². The standard InChI is InChI=1S/C25H22ClNO3/c1-14-12-19(17(4)29-21-10-11-22(26)27-16(21)3)25-20(13-14)23(28)15(2)24(30-25)18-8-6-5-7-9-18/h5-13,17H,1-4H3/t17-/m1/s1. The van der Waals surface area contributed by atoms with Crippen molar-refractivity contribution in [3.05, 3.63) is 92.4 Å². The predicted molar refractivity (Wildman–Crippen MR) is 120 cm³/mol. The van der Waals surface area contributed by atoms with Crippen molar-refractivity contribution < 1.29 is 9.15 Å². The van der Waals surface area contributed by atoms with E-state index in [1.54, 1.807) is 19.1 Å². The third-order valence-electron chi connectivity index (χ3n) is 5.17. The molecular weight excluding hydrogens is 398 g/mol. The van der Waals surface area contributed by atoms with Crippen molar-refractivity contribution in [2.75, 3.05) is 0 Å². The Balaban J connectivity index is 1.89. The van der Waals surface area contributed by atoms with Crippen LogP contribution in [0.15, 0.2) is 63.8 Å². The van der Waals surface area contributed by atoms with Crippen molar-refractivity contribution >= 4 is 22.6 Å². The number of rotatable bonds is 4. The summed E-state index contributed by atoms with van der Waals surface area (Å²) in [7, 11) is 0. The number of hydrogen-bond acceptors (Lipinski definition) is 4. The van der Waals surface area contributed by atoms with Crippen molar-refractivity contribution in [3.63, 3.8) is 0 Å². The van der Waals surface area contributed by atoms with Gasteiger partial charge < -0.3 is 9.15 Å². The van der Waals surface area contributed by atoms with Gasteiger partial charge in [-0.3, -0.25) is 4.79 Å². The topological polar surface area (TPSA) is 52.3 Å². The highest BCUT2D eigenvalue weighted by atomic mass is 35.5. The van der Waals surface area contributed by atoms with E-state index in [0.29, 0.717) is 38.9 Å². The molecule has 0 spiro atoms. The van der Waals surface area contributed by atoms with E-state index in [2.05, 4.69) is 4.98 Å². The highest BCUT2D eigenvalue weighted by molar-refractivity contribution is 6.29. The van der Waals surface area contributed by atoms with Gasteiger partial charge in [0.05, 0.1) is 11.1 Å². The third-order valence-corrected chi connectivity index (χ3v) is 5.38. The first-order valence-corrected chi connectivity index (χ1v) is 10.2. The molecule has 0 amide bonds. The molecule has 5 heteroatoms. The Morgan fingerprint density at radius 1 is 1.03 bits per heavy atom. The molecule has 0 aliphatic carbocycles. The molecule has 152 valence electrons. The van der Waals surface area contributed by atoms with Crippen molar-refractivity contribution in [2.45, 2.75) is 33.8 Å². The highest BCUT2D eigenvalue weighted by Crippen LogP contribution is 2.33. The summed E-state index contributed by atoms with van der Waals surface area (Å²) in [6, 6.07) is 17.0. The Kier molecular flexibility index (Phi) is 5.35. The molecule has 0 aliphatic heterocycles. The van der Waals surface area contributed by atoms with E-state index in [-0.39, 0.29) is 11.5 Å². The van der Waals surface area contributed by atoms with Crippen LogP contribution in [0.3, 0.4) is 0 Å². The molecule has 0 bridgehead atoms. The number of aromatic nitrogens is 1. The summed E-state index contributed by atoms with van der Waals surface area (Å²) in [4.78, 5) is 17.4. The summed E-state index contributed by atoms with van der Waals surface area (Å²) in [6.07, 6.45) is -0.358. The maximum absolute atomic E-state index is 13.2. The van der Waals surface area contributed by atoms with Gasteiger partial charge in [0.2, 0.25) is 0 Å². The lowest BCUT2D eigenvalue weighted by Crippen LogP contribution is -2.11. The van der Waals surface area contributed by atoms with Gasteiger partial charge in [0.15, 0.2) is 5.43 Å². The van der Waals surface area contributed by atoms with Gasteiger partial charge in [0.25, 0.3) is 0 Å². The van der Waals surface area contributed by atoms with E-state index >= 15 is 0 Å². The second-order valence-electron chi connectivity index (χ2n) is 7.46. The predicted octanol–water partition coefficient (Wildman–Crippen LogP) is 6.57. The summed E-state index contributed by atoms with van der Waals surface area (Å²) < 4.78 is 12.5. The fraction of sp³-hybridized carbons (Fsp3) is 0.200. The third kappa shape index (κ3) is 3.71. The fourth-order valence-electron chi connectivity index (χ4n) is 3.63. The average molecular weight is 420 g/mol. The lowest BCUT2D eigenvalue weighted by Gasteiger charge is -2.19. The zero-order valence-corrected chi connectivity index (χ0v) is 18.1. The lowest BCUT2D eigenvalue weighted by molar-refractivity contribution is 0.224. The first-order chi connectivity index (χ1) is 14.3. The average Bonchev–Trinajstić information content (AvgIpc) is 2.73. The van der Waals surface area contributed by atoms with Crippen molar-refractivity contribution in [1.29, 1.82) is 0 Å². The van der Waals surface area contributed by atoms with Crippen LogP contribution < -0.4 is 10.2 Å². The zero-order chi connectivity index (χ0) is 21.4. The normalized spacial score (nSPS) is 12.2. The van der Waals surface area contributed by atoms with Crippen LogP contribution in [0.4, 0.5) is 0 Å². The molecular formula is C25H22ClNO3. The summed E-state index contributed by atoms with van der Waals surface area (Å²) in [5, 5.41) is 0.978. The molecule has 0 unspecified atom stereocenters. The van der Waals surface area contributed by atoms with Crippen LogP contribution in [0.2, 0.25) is 5.15 Å². The molecule has 4 aromatic rings. The molecule has 2 aromatic carbocycles. The lowest BCUT2D eigenvalue weighted by atomic mass is 10.00. The van der Waals surface area contributed by atoms with Gasteiger partial charge in [-0.05, 0) is 57.5 Å². The Hall–Kier alpha value is -3.11. The molecule has 2 aromatic heterocycles. The highest BCUT2D eigenvalue weighted by Gasteiger charge is 2.20. The van der Waals surface area contributed by atoms with Crippen LogP contribution in [0.25, 0.3) is 22.3 Å². The Morgan fingerprint density at radius 2 is 1.77 bits per heavy atom. The SMILES string of the molecule is Cc1cc([C@@H](C)Oc2ccc(Cl)nc2C)c2oc(-c3ccccc3)c(C)c(=O)c2c1. The van der Waals surface area contributed by atoms with Gasteiger partial charge in [0.1, 0.15) is 28.3 Å². The van der Waals surface area contributed by atoms with E-state index in [1.165, 1.54) is 0 Å². The summed E-state index contributed by atoms with van der Waals surface area (Å²) in [5.74, 6) is 1.22. The maximum atomic E-state index is 13.2. The zero-order valence-electron chi connectivity index (χ0n) is 17.3. The quantitative estimate of drug-likeness (QED) is 0.351. The molecule has 0 saturated carbocycles. The van der Waals surface area contributed by atoms with E-state index in [4.69, 9.17) is 20.8 Å². The monoisotopic (exact) mass is 419 g/mol. The van der Waals surface area contributed by atoms with Crippen molar-refractivity contribution in [2.24, 2.45) is 0 Å². The molecule has 0 saturated heterocycles. The van der Waals surface area contributed by atoms with Crippen LogP contribution in [-0.2, 0) is 0 Å². The van der Waals surface area contributed by atoms with Crippen molar-refractivity contribution in [3.8, 4) is 17.1 Å². The van der Waals surface area contributed by atoms with Gasteiger partial charge in [-0.2, -0.15) is 0 Å². The van der Waals surface area contributed by atoms with Gasteiger partial charge in [-0.15, -0.1) is 0 Å². The molecule has 0 radical (unpaired) electrons. The van der Waals surface area contributed by atoms with Gasteiger partial charge in [0, 0.05) is 16.7 Å². The smallest absolute Gasteiger partial charge is 0.196 e. The molecule has 0 aliphatic rings. The number of hydrogen-bond donors (Lipinski definition) is 0. The number of nitrogens with zero attached hydrogens (tertiary/aromatic N) is 1. The van der Waals surface area contributed by atoms with Crippen LogP contribution in [-0.4, -0.2) is 4.98 Å². The van der Waals surface area contributed by atoms with Crippen LogP contribution >= 0.6 is 11.6 Å². The number of ether oxygens (including phenoxy) is 1. The molecule has 2 heterocycles. The number of benzene rings is 2. The fourth-order valence-corrected chi connectivity index (χ4v) is 3.82. The minimum Gasteiger partial charge on any atom is -0.484 e. The number of aryl methyl sites for hydroxylation is 2. The van der Waals surface area contributed by atoms with E-state index in [0.717, 1.165) is 16.7 Å². The maximum Gasteiger partial charge on any atom is 0.196 e. The number of fused-ring (bicyclic) bond motifs is 1. The van der Waals surface area contributed by atoms with Gasteiger partial charge in [-0.1, -0.05) is 41.9 Å². The Bertz CT molecular complexity index is 1300. The molecule has 4 nitrogen and oxygen atoms in total. The molecule has 1 atom stereocenters. The first-order valence-electron chi connectivity index (χ1n) is 9.78. The molecule has 4 rings (SSSR count). The second-order valence-corrected chi connectivity index (χ2v) is 7.85. The van der Waals surface area contributed by atoms with E-state index in [1.807, 2.05) is 63.2 Å². The molecule has 0 fully saturated rings. The first kappa shape index (κ1) is 20.2. The summed E-state index contributed by atoms with van der Waals surface area (Å²) in [5.41, 5.74) is 4.46. The summed E-state index contributed by atoms with van der Waals surface area (Å²) in [6.45, 7) is 7.55. The van der Waals surface area contributed by atoms with E-state index in [9.17, 15) is 4.79 Å². The van der Waals surface area contributed by atoms with Crippen LogP contribution in [0, 0.1) is 20.8 Å². The number of pyridine rings is 1. The Labute approximate surface area is 180 Å². The minimum atomic E-state index is -0.358. The Morgan fingerprint density at radius 3 is 2.47 bits per heavy atom. The van der Waals surface area contributed by atoms with E-state index < -0.39 is 0 Å². The number of halogens is 1. The van der Waals surface area contributed by atoms with Gasteiger partial charge >= 0.3 is 0 Å². The minimum absolute atomic E-state index is 0.0309. The summed E-state index contributed by atoms with van der Waals surface area (Å²) >= 11 is 5.96. The molecule has 30 heavy (non-hydrogen) atoms.